The van der Waals surface area contributed by atoms with Crippen LogP contribution >= 0.6 is 0 Å². The van der Waals surface area contributed by atoms with Gasteiger partial charge in [-0.3, -0.25) is 14.4 Å². The molecule has 188 valence electrons. The van der Waals surface area contributed by atoms with E-state index in [2.05, 4.69) is 10.6 Å². The molecule has 11 heteroatoms. The highest BCUT2D eigenvalue weighted by atomic mass is 19.4. The Morgan fingerprint density at radius 3 is 2.20 bits per heavy atom. The molecule has 0 aliphatic heterocycles. The Balaban J connectivity index is 1.69. The Labute approximate surface area is 199 Å². The van der Waals surface area contributed by atoms with Crippen molar-refractivity contribution in [3.8, 4) is 0 Å². The Hall–Kier alpha value is -3.89. The third kappa shape index (κ3) is 9.48. The summed E-state index contributed by atoms with van der Waals surface area (Å²) in [4.78, 5) is 47.4. The zero-order valence-electron chi connectivity index (χ0n) is 18.9. The van der Waals surface area contributed by atoms with Gasteiger partial charge in [0.1, 0.15) is 0 Å². The van der Waals surface area contributed by atoms with Crippen LogP contribution in [-0.2, 0) is 30.0 Å². The zero-order valence-corrected chi connectivity index (χ0v) is 18.9. The Bertz CT molecular complexity index is 1040. The minimum atomic E-state index is -4.65. The summed E-state index contributed by atoms with van der Waals surface area (Å²) in [5, 5.41) is 4.69. The monoisotopic (exact) mass is 494 g/mol. The van der Waals surface area contributed by atoms with Crippen LogP contribution in [0.15, 0.2) is 48.5 Å². The number of nitrogens with one attached hydrogen (secondary N) is 2. The third-order valence-electron chi connectivity index (χ3n) is 4.50. The van der Waals surface area contributed by atoms with Crippen LogP contribution < -0.4 is 10.6 Å². The van der Waals surface area contributed by atoms with Crippen LogP contribution in [0.25, 0.3) is 0 Å². The summed E-state index contributed by atoms with van der Waals surface area (Å²) >= 11 is 0. The average Bonchev–Trinajstić information content (AvgIpc) is 2.81. The molecular formula is C24H25F3N2O6. The maximum Gasteiger partial charge on any atom is 0.418 e. The van der Waals surface area contributed by atoms with E-state index in [1.807, 2.05) is 6.92 Å². The van der Waals surface area contributed by atoms with Crippen molar-refractivity contribution in [1.29, 1.82) is 0 Å². The summed E-state index contributed by atoms with van der Waals surface area (Å²) in [5.74, 6) is -2.52. The quantitative estimate of drug-likeness (QED) is 0.443. The normalized spacial score (nSPS) is 10.9. The molecule has 2 N–H and O–H groups in total. The van der Waals surface area contributed by atoms with Crippen molar-refractivity contribution in [2.24, 2.45) is 0 Å². The molecule has 35 heavy (non-hydrogen) atoms. The predicted octanol–water partition coefficient (Wildman–Crippen LogP) is 4.56. The van der Waals surface area contributed by atoms with E-state index in [4.69, 9.17) is 9.47 Å². The molecule has 0 aromatic heterocycles. The van der Waals surface area contributed by atoms with Gasteiger partial charge in [0.25, 0.3) is 5.91 Å². The predicted molar refractivity (Wildman–Crippen MR) is 121 cm³/mol. The molecule has 0 atom stereocenters. The number of anilines is 2. The van der Waals surface area contributed by atoms with Gasteiger partial charge in [-0.05, 0) is 49.2 Å². The van der Waals surface area contributed by atoms with E-state index in [0.717, 1.165) is 12.1 Å². The zero-order chi connectivity index (χ0) is 25.8. The highest BCUT2D eigenvalue weighted by molar-refractivity contribution is 5.94. The van der Waals surface area contributed by atoms with Crippen molar-refractivity contribution in [3.05, 3.63) is 59.7 Å². The number of para-hydroxylation sites is 1. The van der Waals surface area contributed by atoms with Crippen molar-refractivity contribution in [2.75, 3.05) is 23.8 Å². The SMILES string of the molecule is CCCOC(=O)c1ccc(NC(=O)CCCC(=O)OCC(=O)Nc2ccccc2C(F)(F)F)cc1. The number of alkyl halides is 3. The van der Waals surface area contributed by atoms with Crippen LogP contribution in [0.4, 0.5) is 24.5 Å². The molecule has 0 saturated heterocycles. The largest absolute Gasteiger partial charge is 0.462 e. The smallest absolute Gasteiger partial charge is 0.418 e. The number of esters is 2. The highest BCUT2D eigenvalue weighted by Gasteiger charge is 2.33. The summed E-state index contributed by atoms with van der Waals surface area (Å²) in [7, 11) is 0. The first kappa shape index (κ1) is 27.4. The molecular weight excluding hydrogens is 469 g/mol. The second-order valence-corrected chi connectivity index (χ2v) is 7.37. The molecule has 2 rings (SSSR count). The van der Waals surface area contributed by atoms with E-state index in [0.29, 0.717) is 24.3 Å². The van der Waals surface area contributed by atoms with Crippen molar-refractivity contribution >= 4 is 35.1 Å². The first-order chi connectivity index (χ1) is 16.6. The Kier molecular flexibility index (Phi) is 10.2. The molecule has 2 amide bonds. The fourth-order valence-electron chi connectivity index (χ4n) is 2.83. The van der Waals surface area contributed by atoms with E-state index in [9.17, 15) is 32.3 Å². The van der Waals surface area contributed by atoms with Crippen molar-refractivity contribution < 1.29 is 41.8 Å². The lowest BCUT2D eigenvalue weighted by Gasteiger charge is -2.13. The summed E-state index contributed by atoms with van der Waals surface area (Å²) in [6, 6.07) is 10.6. The summed E-state index contributed by atoms with van der Waals surface area (Å²) in [5.41, 5.74) is -0.647. The Morgan fingerprint density at radius 2 is 1.54 bits per heavy atom. The fraction of sp³-hybridized carbons (Fsp3) is 0.333. The van der Waals surface area contributed by atoms with E-state index < -0.39 is 41.9 Å². The summed E-state index contributed by atoms with van der Waals surface area (Å²) in [6.07, 6.45) is -3.99. The molecule has 2 aromatic carbocycles. The van der Waals surface area contributed by atoms with Gasteiger partial charge in [0.2, 0.25) is 5.91 Å². The second kappa shape index (κ2) is 13.1. The molecule has 0 radical (unpaired) electrons. The number of benzene rings is 2. The molecule has 0 bridgehead atoms. The highest BCUT2D eigenvalue weighted by Crippen LogP contribution is 2.34. The Morgan fingerprint density at radius 1 is 0.857 bits per heavy atom. The van der Waals surface area contributed by atoms with Gasteiger partial charge in [-0.2, -0.15) is 13.2 Å². The molecule has 8 nitrogen and oxygen atoms in total. The minimum absolute atomic E-state index is 0.0133. The van der Waals surface area contributed by atoms with Crippen molar-refractivity contribution in [1.82, 2.24) is 0 Å². The average molecular weight is 494 g/mol. The number of amides is 2. The van der Waals surface area contributed by atoms with E-state index >= 15 is 0 Å². The minimum Gasteiger partial charge on any atom is -0.462 e. The van der Waals surface area contributed by atoms with E-state index in [1.165, 1.54) is 24.3 Å². The fourth-order valence-corrected chi connectivity index (χ4v) is 2.83. The van der Waals surface area contributed by atoms with Gasteiger partial charge in [0.05, 0.1) is 23.4 Å². The van der Waals surface area contributed by atoms with Crippen LogP contribution in [0.3, 0.4) is 0 Å². The number of halogens is 3. The maximum atomic E-state index is 13.0. The number of carbonyl (C=O) groups is 4. The molecule has 0 aliphatic carbocycles. The lowest BCUT2D eigenvalue weighted by Crippen LogP contribution is -2.22. The lowest BCUT2D eigenvalue weighted by atomic mass is 10.1. The summed E-state index contributed by atoms with van der Waals surface area (Å²) < 4.78 is 48.6. The van der Waals surface area contributed by atoms with Gasteiger partial charge in [0, 0.05) is 18.5 Å². The summed E-state index contributed by atoms with van der Waals surface area (Å²) in [6.45, 7) is 1.44. The topological polar surface area (TPSA) is 111 Å². The molecule has 0 unspecified atom stereocenters. The number of rotatable bonds is 11. The number of ether oxygens (including phenoxy) is 2. The lowest BCUT2D eigenvalue weighted by molar-refractivity contribution is -0.147. The molecule has 0 heterocycles. The first-order valence-electron chi connectivity index (χ1n) is 10.8. The number of hydrogen-bond donors (Lipinski definition) is 2. The van der Waals surface area contributed by atoms with Crippen LogP contribution in [0, 0.1) is 0 Å². The van der Waals surface area contributed by atoms with Gasteiger partial charge in [-0.25, -0.2) is 4.79 Å². The van der Waals surface area contributed by atoms with Crippen molar-refractivity contribution in [3.63, 3.8) is 0 Å². The molecule has 0 saturated carbocycles. The second-order valence-electron chi connectivity index (χ2n) is 7.37. The molecule has 2 aromatic rings. The molecule has 0 spiro atoms. The maximum absolute atomic E-state index is 13.0. The van der Waals surface area contributed by atoms with Gasteiger partial charge < -0.3 is 20.1 Å². The van der Waals surface area contributed by atoms with E-state index in [1.54, 1.807) is 12.1 Å². The van der Waals surface area contributed by atoms with Crippen LogP contribution in [0.2, 0.25) is 0 Å². The van der Waals surface area contributed by atoms with Gasteiger partial charge in [0.15, 0.2) is 6.61 Å². The van der Waals surface area contributed by atoms with Crippen LogP contribution in [-0.4, -0.2) is 37.0 Å². The number of carbonyl (C=O) groups excluding carboxylic acids is 4. The molecule has 0 aliphatic rings. The van der Waals surface area contributed by atoms with Gasteiger partial charge >= 0.3 is 18.1 Å². The van der Waals surface area contributed by atoms with E-state index in [-0.39, 0.29) is 25.2 Å². The first-order valence-corrected chi connectivity index (χ1v) is 10.8. The van der Waals surface area contributed by atoms with Crippen LogP contribution in [0.1, 0.15) is 48.5 Å². The standard InChI is InChI=1S/C24H25F3N2O6/c1-2-14-34-23(33)16-10-12-17(13-11-16)28-20(30)8-5-9-22(32)35-15-21(31)29-19-7-4-3-6-18(19)24(25,26)27/h3-4,6-7,10-13H,2,5,8-9,14-15H2,1H3,(H,28,30)(H,29,31). The van der Waals surface area contributed by atoms with Gasteiger partial charge in [-0.1, -0.05) is 19.1 Å². The van der Waals surface area contributed by atoms with Gasteiger partial charge in [-0.15, -0.1) is 0 Å². The molecule has 0 fully saturated rings. The van der Waals surface area contributed by atoms with Crippen LogP contribution in [0.5, 0.6) is 0 Å². The number of hydrogen-bond acceptors (Lipinski definition) is 6. The third-order valence-corrected chi connectivity index (χ3v) is 4.50. The van der Waals surface area contributed by atoms with Crippen molar-refractivity contribution in [2.45, 2.75) is 38.8 Å².